The molecule has 0 radical (unpaired) electrons. The summed E-state index contributed by atoms with van der Waals surface area (Å²) in [4.78, 5) is 36.0. The first kappa shape index (κ1) is 16.1. The van der Waals surface area contributed by atoms with Gasteiger partial charge in [-0.05, 0) is 42.0 Å². The van der Waals surface area contributed by atoms with Crippen molar-refractivity contribution in [1.29, 1.82) is 0 Å². The van der Waals surface area contributed by atoms with Crippen LogP contribution in [0.5, 0.6) is 0 Å². The molecule has 4 rings (SSSR count). The normalized spacial score (nSPS) is 24.0. The molecule has 0 spiro atoms. The molecule has 0 aliphatic heterocycles. The zero-order valence-corrected chi connectivity index (χ0v) is 14.5. The number of thiophene rings is 1. The Morgan fingerprint density at radius 1 is 1.24 bits per heavy atom. The highest BCUT2D eigenvalue weighted by molar-refractivity contribution is 7.12. The monoisotopic (exact) mass is 358 g/mol. The Kier molecular flexibility index (Phi) is 3.95. The maximum Gasteiger partial charge on any atom is 0.350 e. The first-order chi connectivity index (χ1) is 12.1. The van der Waals surface area contributed by atoms with E-state index in [1.807, 2.05) is 0 Å². The van der Waals surface area contributed by atoms with Crippen LogP contribution in [0.4, 0.5) is 17.1 Å². The Balaban J connectivity index is 1.48. The van der Waals surface area contributed by atoms with E-state index in [1.54, 1.807) is 11.4 Å². The third-order valence-electron chi connectivity index (χ3n) is 5.16. The number of fused-ring (bicyclic) bond motifs is 2. The number of hydrogen-bond acceptors (Lipinski definition) is 7. The molecule has 0 saturated heterocycles. The fourth-order valence-corrected chi connectivity index (χ4v) is 4.60. The smallest absolute Gasteiger partial charge is 0.350 e. The van der Waals surface area contributed by atoms with Crippen molar-refractivity contribution in [2.75, 3.05) is 24.3 Å². The molecule has 0 amide bonds. The van der Waals surface area contributed by atoms with Crippen LogP contribution in [0.2, 0.25) is 0 Å². The molecule has 1 heterocycles. The molecule has 2 bridgehead atoms. The third-order valence-corrected chi connectivity index (χ3v) is 6.06. The van der Waals surface area contributed by atoms with E-state index < -0.39 is 16.8 Å². The number of carbonyl (C=O) groups excluding carboxylic acids is 1. The zero-order valence-electron chi connectivity index (χ0n) is 13.7. The number of anilines is 3. The Labute approximate surface area is 148 Å². The first-order valence-electron chi connectivity index (χ1n) is 8.26. The van der Waals surface area contributed by atoms with Gasteiger partial charge in [0.05, 0.1) is 12.8 Å². The molecule has 1 aromatic heterocycles. The molecular formula is C18H18N2O4S. The summed E-state index contributed by atoms with van der Waals surface area (Å²) in [5.74, 6) is 1.26. The topological polar surface area (TPSA) is 84.5 Å². The molecule has 2 aliphatic rings. The lowest BCUT2D eigenvalue weighted by Gasteiger charge is -2.21. The molecule has 1 fully saturated rings. The van der Waals surface area contributed by atoms with Crippen molar-refractivity contribution in [2.24, 2.45) is 17.8 Å². The number of methoxy groups -OCH3 is 1. The van der Waals surface area contributed by atoms with Crippen molar-refractivity contribution in [1.82, 2.24) is 0 Å². The van der Waals surface area contributed by atoms with Crippen LogP contribution < -0.4 is 21.5 Å². The van der Waals surface area contributed by atoms with Gasteiger partial charge in [0.15, 0.2) is 0 Å². The fourth-order valence-electron chi connectivity index (χ4n) is 3.84. The second-order valence-corrected chi connectivity index (χ2v) is 7.53. The largest absolute Gasteiger partial charge is 0.465 e. The van der Waals surface area contributed by atoms with Gasteiger partial charge in [0.2, 0.25) is 0 Å². The summed E-state index contributed by atoms with van der Waals surface area (Å²) in [6, 6.07) is 1.69. The lowest BCUT2D eigenvalue weighted by atomic mass is 9.93. The van der Waals surface area contributed by atoms with E-state index in [2.05, 4.69) is 22.8 Å². The van der Waals surface area contributed by atoms with Gasteiger partial charge in [0, 0.05) is 6.54 Å². The van der Waals surface area contributed by atoms with Gasteiger partial charge in [-0.1, -0.05) is 12.2 Å². The predicted octanol–water partition coefficient (Wildman–Crippen LogP) is 2.50. The molecule has 6 nitrogen and oxygen atoms in total. The highest BCUT2D eigenvalue weighted by atomic mass is 32.1. The number of nitrogens with one attached hydrogen (secondary N) is 2. The van der Waals surface area contributed by atoms with Crippen LogP contribution in [-0.2, 0) is 4.74 Å². The molecular weight excluding hydrogens is 340 g/mol. The van der Waals surface area contributed by atoms with E-state index in [-0.39, 0.29) is 5.69 Å². The van der Waals surface area contributed by atoms with Crippen LogP contribution in [0, 0.1) is 17.8 Å². The van der Waals surface area contributed by atoms with Crippen molar-refractivity contribution in [3.8, 4) is 0 Å². The summed E-state index contributed by atoms with van der Waals surface area (Å²) in [6.45, 7) is 0.679. The lowest BCUT2D eigenvalue weighted by molar-refractivity contribution is 0.0607. The number of carbonyl (C=O) groups is 1. The highest BCUT2D eigenvalue weighted by Crippen LogP contribution is 2.43. The summed E-state index contributed by atoms with van der Waals surface area (Å²) < 4.78 is 4.73. The van der Waals surface area contributed by atoms with Gasteiger partial charge in [-0.25, -0.2) is 4.79 Å². The van der Waals surface area contributed by atoms with Gasteiger partial charge >= 0.3 is 5.97 Å². The minimum absolute atomic E-state index is 0.229. The lowest BCUT2D eigenvalue weighted by Crippen LogP contribution is -2.38. The maximum absolute atomic E-state index is 11.9. The number of hydrogen-bond donors (Lipinski definition) is 2. The van der Waals surface area contributed by atoms with Gasteiger partial charge in [-0.15, -0.1) is 11.3 Å². The third kappa shape index (κ3) is 2.68. The molecule has 0 unspecified atom stereocenters. The van der Waals surface area contributed by atoms with E-state index in [0.29, 0.717) is 40.6 Å². The minimum atomic E-state index is -0.558. The van der Waals surface area contributed by atoms with Gasteiger partial charge in [0.25, 0.3) is 10.9 Å². The van der Waals surface area contributed by atoms with Gasteiger partial charge < -0.3 is 15.4 Å². The molecule has 1 saturated carbocycles. The zero-order chi connectivity index (χ0) is 17.6. The minimum Gasteiger partial charge on any atom is -0.465 e. The van der Waals surface area contributed by atoms with E-state index in [4.69, 9.17) is 4.74 Å². The number of allylic oxidation sites excluding steroid dienone is 2. The standard InChI is InChI=1S/C18H18N2O4S/c1-24-18(23)17-12(4-5-25-17)20-14-13(15(21)16(14)22)19-8-11-7-9-2-3-10(11)6-9/h2-5,9-11,19-20H,6-8H2,1H3/t9-,10-,11-/m0/s1. The van der Waals surface area contributed by atoms with Crippen LogP contribution >= 0.6 is 11.3 Å². The Morgan fingerprint density at radius 3 is 2.72 bits per heavy atom. The fraction of sp³-hybridized carbons (Fsp3) is 0.389. The van der Waals surface area contributed by atoms with Crippen molar-refractivity contribution in [3.63, 3.8) is 0 Å². The summed E-state index contributed by atoms with van der Waals surface area (Å²) in [7, 11) is 1.31. The second-order valence-electron chi connectivity index (χ2n) is 6.61. The van der Waals surface area contributed by atoms with Crippen LogP contribution in [0.3, 0.4) is 0 Å². The van der Waals surface area contributed by atoms with Gasteiger partial charge in [-0.3, -0.25) is 9.59 Å². The summed E-state index contributed by atoms with van der Waals surface area (Å²) >= 11 is 1.22. The van der Waals surface area contributed by atoms with Crippen LogP contribution in [-0.4, -0.2) is 19.6 Å². The van der Waals surface area contributed by atoms with Crippen molar-refractivity contribution in [3.05, 3.63) is 48.9 Å². The first-order valence-corrected chi connectivity index (χ1v) is 9.14. The average Bonchev–Trinajstić information content (AvgIpc) is 3.36. The molecule has 2 N–H and O–H groups in total. The van der Waals surface area contributed by atoms with Crippen LogP contribution in [0.25, 0.3) is 0 Å². The molecule has 3 atom stereocenters. The van der Waals surface area contributed by atoms with Crippen molar-refractivity contribution in [2.45, 2.75) is 12.8 Å². The molecule has 130 valence electrons. The molecule has 1 aromatic carbocycles. The van der Waals surface area contributed by atoms with Crippen LogP contribution in [0.1, 0.15) is 22.5 Å². The Bertz CT molecular complexity index is 922. The predicted molar refractivity (Wildman–Crippen MR) is 97.6 cm³/mol. The number of rotatable bonds is 6. The number of esters is 1. The maximum atomic E-state index is 11.9. The highest BCUT2D eigenvalue weighted by Gasteiger charge is 2.35. The summed E-state index contributed by atoms with van der Waals surface area (Å²) in [5, 5.41) is 7.81. The molecule has 2 aromatic rings. The average molecular weight is 358 g/mol. The van der Waals surface area contributed by atoms with Gasteiger partial charge in [-0.2, -0.15) is 0 Å². The van der Waals surface area contributed by atoms with E-state index >= 15 is 0 Å². The van der Waals surface area contributed by atoms with Crippen LogP contribution in [0.15, 0.2) is 33.2 Å². The number of ether oxygens (including phenoxy) is 1. The Morgan fingerprint density at radius 2 is 2.04 bits per heavy atom. The molecule has 25 heavy (non-hydrogen) atoms. The van der Waals surface area contributed by atoms with Crippen molar-refractivity contribution >= 4 is 34.4 Å². The van der Waals surface area contributed by atoms with E-state index in [1.165, 1.54) is 24.9 Å². The van der Waals surface area contributed by atoms with E-state index in [9.17, 15) is 14.4 Å². The SMILES string of the molecule is COC(=O)c1sccc1Nc1c(NC[C@@H]2C[C@H]3C=C[C@H]2C3)c(=O)c1=O. The molecule has 7 heteroatoms. The molecule has 2 aliphatic carbocycles. The summed E-state index contributed by atoms with van der Waals surface area (Å²) in [5.41, 5.74) is -0.0331. The van der Waals surface area contributed by atoms with E-state index in [0.717, 1.165) is 6.42 Å². The second kappa shape index (κ2) is 6.15. The Hall–Kier alpha value is -2.41. The summed E-state index contributed by atoms with van der Waals surface area (Å²) in [6.07, 6.45) is 6.86. The van der Waals surface area contributed by atoms with Crippen molar-refractivity contribution < 1.29 is 9.53 Å². The van der Waals surface area contributed by atoms with Gasteiger partial charge in [0.1, 0.15) is 16.3 Å². The quantitative estimate of drug-likeness (QED) is 0.469.